The molecule has 0 spiro atoms. The van der Waals surface area contributed by atoms with Crippen LogP contribution in [0, 0.1) is 0 Å². The number of carboxylic acids is 1. The number of fused-ring (bicyclic) bond motifs is 1. The van der Waals surface area contributed by atoms with Gasteiger partial charge in [-0.1, -0.05) is 6.07 Å². The fourth-order valence-corrected chi connectivity index (χ4v) is 2.97. The highest BCUT2D eigenvalue weighted by atomic mass is 16.4. The second-order valence-electron chi connectivity index (χ2n) is 5.38. The second kappa shape index (κ2) is 5.15. The van der Waals surface area contributed by atoms with Crippen LogP contribution < -0.4 is 4.90 Å². The fraction of sp³-hybridized carbons (Fsp3) is 0.467. The largest absolute Gasteiger partial charge is 0.478 e. The molecule has 20 heavy (non-hydrogen) atoms. The summed E-state index contributed by atoms with van der Waals surface area (Å²) in [6.07, 6.45) is 4.10. The number of anilines is 1. The first kappa shape index (κ1) is 13.0. The topological polar surface area (TPSA) is 60.9 Å². The Labute approximate surface area is 117 Å². The molecule has 2 aliphatic rings. The molecule has 1 saturated heterocycles. The van der Waals surface area contributed by atoms with Crippen LogP contribution in [0.25, 0.3) is 0 Å². The van der Waals surface area contributed by atoms with Gasteiger partial charge in [0.1, 0.15) is 0 Å². The highest BCUT2D eigenvalue weighted by Crippen LogP contribution is 2.30. The minimum atomic E-state index is -0.954. The minimum Gasteiger partial charge on any atom is -0.478 e. The van der Waals surface area contributed by atoms with E-state index in [1.165, 1.54) is 6.42 Å². The number of hydrogen-bond donors (Lipinski definition) is 1. The Kier molecular flexibility index (Phi) is 3.34. The van der Waals surface area contributed by atoms with Gasteiger partial charge in [0.05, 0.1) is 5.56 Å². The second-order valence-corrected chi connectivity index (χ2v) is 5.38. The third kappa shape index (κ3) is 2.24. The van der Waals surface area contributed by atoms with Gasteiger partial charge in [-0.2, -0.15) is 0 Å². The number of nitrogens with zero attached hydrogens (tertiary/aromatic N) is 2. The number of rotatable bonds is 1. The molecule has 0 radical (unpaired) electrons. The Bertz CT molecular complexity index is 550. The van der Waals surface area contributed by atoms with E-state index in [0.29, 0.717) is 6.54 Å². The molecular weight excluding hydrogens is 256 g/mol. The van der Waals surface area contributed by atoms with E-state index < -0.39 is 5.97 Å². The summed E-state index contributed by atoms with van der Waals surface area (Å²) < 4.78 is 0. The maximum absolute atomic E-state index is 12.5. The first-order valence-corrected chi connectivity index (χ1v) is 7.09. The molecule has 2 heterocycles. The van der Waals surface area contributed by atoms with Crippen molar-refractivity contribution in [1.82, 2.24) is 4.90 Å². The summed E-state index contributed by atoms with van der Waals surface area (Å²) >= 11 is 0. The molecule has 3 rings (SSSR count). The molecule has 1 N–H and O–H groups in total. The van der Waals surface area contributed by atoms with Gasteiger partial charge in [-0.15, -0.1) is 0 Å². The van der Waals surface area contributed by atoms with Crippen LogP contribution in [0.1, 0.15) is 35.2 Å². The number of carboxylic acid groups (broad SMARTS) is 1. The van der Waals surface area contributed by atoms with Gasteiger partial charge in [0, 0.05) is 25.3 Å². The molecule has 1 fully saturated rings. The van der Waals surface area contributed by atoms with Gasteiger partial charge in [0.2, 0.25) is 0 Å². The molecule has 0 saturated carbocycles. The number of urea groups is 1. The number of piperidine rings is 1. The molecule has 5 heteroatoms. The first-order chi connectivity index (χ1) is 9.66. The molecule has 1 aromatic rings. The summed E-state index contributed by atoms with van der Waals surface area (Å²) in [5, 5.41) is 9.08. The van der Waals surface area contributed by atoms with Gasteiger partial charge in [-0.3, -0.25) is 4.90 Å². The zero-order chi connectivity index (χ0) is 14.1. The van der Waals surface area contributed by atoms with Crippen molar-refractivity contribution in [1.29, 1.82) is 0 Å². The molecule has 0 bridgehead atoms. The number of likely N-dealkylation sites (tertiary alicyclic amines) is 1. The van der Waals surface area contributed by atoms with Crippen molar-refractivity contribution in [3.05, 3.63) is 29.3 Å². The lowest BCUT2D eigenvalue weighted by molar-refractivity contribution is 0.0697. The van der Waals surface area contributed by atoms with Crippen molar-refractivity contribution in [2.45, 2.75) is 25.7 Å². The smallest absolute Gasteiger partial charge is 0.335 e. The first-order valence-electron chi connectivity index (χ1n) is 7.09. The average molecular weight is 274 g/mol. The molecule has 5 nitrogen and oxygen atoms in total. The number of hydrogen-bond acceptors (Lipinski definition) is 2. The fourth-order valence-electron chi connectivity index (χ4n) is 2.97. The molecular formula is C15H18N2O3. The molecule has 106 valence electrons. The van der Waals surface area contributed by atoms with Gasteiger partial charge in [-0.05, 0) is 43.4 Å². The average Bonchev–Trinajstić information content (AvgIpc) is 2.90. The van der Waals surface area contributed by atoms with Gasteiger partial charge < -0.3 is 10.0 Å². The van der Waals surface area contributed by atoms with Crippen molar-refractivity contribution < 1.29 is 14.7 Å². The van der Waals surface area contributed by atoms with Crippen LogP contribution in [-0.2, 0) is 6.42 Å². The van der Waals surface area contributed by atoms with E-state index in [1.54, 1.807) is 17.0 Å². The lowest BCUT2D eigenvalue weighted by atomic mass is 10.1. The summed E-state index contributed by atoms with van der Waals surface area (Å²) in [4.78, 5) is 27.2. The molecule has 1 aromatic carbocycles. The van der Waals surface area contributed by atoms with Gasteiger partial charge in [0.25, 0.3) is 0 Å². The van der Waals surface area contributed by atoms with E-state index >= 15 is 0 Å². The van der Waals surface area contributed by atoms with Crippen molar-refractivity contribution in [3.8, 4) is 0 Å². The van der Waals surface area contributed by atoms with Gasteiger partial charge in [-0.25, -0.2) is 9.59 Å². The summed E-state index contributed by atoms with van der Waals surface area (Å²) in [5.74, 6) is -0.954. The van der Waals surface area contributed by atoms with Crippen LogP contribution in [0.15, 0.2) is 18.2 Å². The number of carbonyl (C=O) groups is 2. The molecule has 0 unspecified atom stereocenters. The summed E-state index contributed by atoms with van der Waals surface area (Å²) in [5.41, 5.74) is 2.06. The minimum absolute atomic E-state index is 0.0194. The van der Waals surface area contributed by atoms with Crippen molar-refractivity contribution >= 4 is 17.7 Å². The number of aromatic carboxylic acids is 1. The maximum atomic E-state index is 12.5. The highest BCUT2D eigenvalue weighted by molar-refractivity contribution is 5.97. The van der Waals surface area contributed by atoms with E-state index in [-0.39, 0.29) is 11.6 Å². The van der Waals surface area contributed by atoms with Crippen LogP contribution in [0.2, 0.25) is 0 Å². The zero-order valence-electron chi connectivity index (χ0n) is 11.3. The van der Waals surface area contributed by atoms with Crippen molar-refractivity contribution in [3.63, 3.8) is 0 Å². The summed E-state index contributed by atoms with van der Waals surface area (Å²) in [6, 6.07) is 5.07. The third-order valence-electron chi connectivity index (χ3n) is 4.09. The summed E-state index contributed by atoms with van der Waals surface area (Å²) in [6.45, 7) is 2.26. The van der Waals surface area contributed by atoms with Crippen LogP contribution in [0.4, 0.5) is 10.5 Å². The van der Waals surface area contributed by atoms with E-state index in [0.717, 1.165) is 43.6 Å². The molecule has 0 atom stereocenters. The predicted octanol–water partition coefficient (Wildman–Crippen LogP) is 2.35. The van der Waals surface area contributed by atoms with Gasteiger partial charge in [0.15, 0.2) is 0 Å². The quantitative estimate of drug-likeness (QED) is 0.855. The number of benzene rings is 1. The maximum Gasteiger partial charge on any atom is 0.335 e. The Morgan fingerprint density at radius 1 is 1.05 bits per heavy atom. The van der Waals surface area contributed by atoms with Crippen molar-refractivity contribution in [2.24, 2.45) is 0 Å². The molecule has 2 amide bonds. The standard InChI is InChI=1S/C15H18N2O3/c18-14(19)12-5-4-11-6-9-17(13(11)10-12)15(20)16-7-2-1-3-8-16/h4-5,10H,1-3,6-9H2,(H,18,19). The van der Waals surface area contributed by atoms with Crippen LogP contribution in [0.5, 0.6) is 0 Å². The van der Waals surface area contributed by atoms with E-state index in [1.807, 2.05) is 11.0 Å². The Hall–Kier alpha value is -2.04. The zero-order valence-corrected chi connectivity index (χ0v) is 11.3. The van der Waals surface area contributed by atoms with Gasteiger partial charge >= 0.3 is 12.0 Å². The Balaban J connectivity index is 1.85. The van der Waals surface area contributed by atoms with E-state index in [2.05, 4.69) is 0 Å². The Morgan fingerprint density at radius 2 is 1.80 bits per heavy atom. The molecule has 0 aromatic heterocycles. The van der Waals surface area contributed by atoms with Crippen LogP contribution >= 0.6 is 0 Å². The Morgan fingerprint density at radius 3 is 2.50 bits per heavy atom. The summed E-state index contributed by atoms with van der Waals surface area (Å²) in [7, 11) is 0. The predicted molar refractivity (Wildman–Crippen MR) is 75.3 cm³/mol. The number of amides is 2. The monoisotopic (exact) mass is 274 g/mol. The lowest BCUT2D eigenvalue weighted by Crippen LogP contribution is -2.45. The molecule has 0 aliphatic carbocycles. The third-order valence-corrected chi connectivity index (χ3v) is 4.09. The SMILES string of the molecule is O=C(O)c1ccc2c(c1)N(C(=O)N1CCCCC1)CC2. The van der Waals surface area contributed by atoms with E-state index in [9.17, 15) is 9.59 Å². The van der Waals surface area contributed by atoms with Crippen LogP contribution in [0.3, 0.4) is 0 Å². The normalized spacial score (nSPS) is 18.0. The van der Waals surface area contributed by atoms with E-state index in [4.69, 9.17) is 5.11 Å². The molecule has 2 aliphatic heterocycles. The highest BCUT2D eigenvalue weighted by Gasteiger charge is 2.29. The lowest BCUT2D eigenvalue weighted by Gasteiger charge is -2.31. The van der Waals surface area contributed by atoms with Crippen molar-refractivity contribution in [2.75, 3.05) is 24.5 Å². The van der Waals surface area contributed by atoms with Crippen LogP contribution in [-0.4, -0.2) is 41.6 Å². The number of carbonyl (C=O) groups excluding carboxylic acids is 1.